The SMILES string of the molecule is C=C(C)C(=O)OCC12C=CC(O1)C1C(=O)N(CCCCCCCCCCOP(=O)(O)O)C(=O)C12. The smallest absolute Gasteiger partial charge is 0.459 e. The summed E-state index contributed by atoms with van der Waals surface area (Å²) in [6.45, 7) is 5.41. The van der Waals surface area contributed by atoms with E-state index >= 15 is 0 Å². The minimum atomic E-state index is -4.37. The van der Waals surface area contributed by atoms with Crippen LogP contribution in [0, 0.1) is 11.8 Å². The Labute approximate surface area is 199 Å². The maximum absolute atomic E-state index is 13.1. The predicted octanol–water partition coefficient (Wildman–Crippen LogP) is 2.64. The predicted molar refractivity (Wildman–Crippen MR) is 121 cm³/mol. The Kier molecular flexibility index (Phi) is 8.87. The molecule has 3 aliphatic heterocycles. The number of carbonyl (C=O) groups is 3. The molecule has 3 heterocycles. The number of nitrogens with zero attached hydrogens (tertiary/aromatic N) is 1. The van der Waals surface area contributed by atoms with Crippen molar-refractivity contribution in [3.8, 4) is 0 Å². The first-order valence-electron chi connectivity index (χ1n) is 11.8. The number of fused-ring (bicyclic) bond motifs is 5. The monoisotopic (exact) mass is 499 g/mol. The summed E-state index contributed by atoms with van der Waals surface area (Å²) in [5.41, 5.74) is -0.827. The molecule has 0 aliphatic carbocycles. The number of hydrogen-bond donors (Lipinski definition) is 2. The van der Waals surface area contributed by atoms with Crippen molar-refractivity contribution in [3.63, 3.8) is 0 Å². The third-order valence-corrected chi connectivity index (χ3v) is 7.08. The Bertz CT molecular complexity index is 882. The van der Waals surface area contributed by atoms with Crippen molar-refractivity contribution in [1.29, 1.82) is 0 Å². The number of carbonyl (C=O) groups excluding carboxylic acids is 3. The van der Waals surface area contributed by atoms with E-state index in [0.717, 1.165) is 44.9 Å². The lowest BCUT2D eigenvalue weighted by molar-refractivity contribution is -0.153. The van der Waals surface area contributed by atoms with Crippen molar-refractivity contribution < 1.29 is 42.7 Å². The van der Waals surface area contributed by atoms with Crippen LogP contribution < -0.4 is 0 Å². The summed E-state index contributed by atoms with van der Waals surface area (Å²) < 4.78 is 26.2. The van der Waals surface area contributed by atoms with Crippen LogP contribution in [-0.2, 0) is 32.9 Å². The van der Waals surface area contributed by atoms with Gasteiger partial charge in [0.15, 0.2) is 0 Å². The van der Waals surface area contributed by atoms with Gasteiger partial charge in [0, 0.05) is 12.1 Å². The van der Waals surface area contributed by atoms with E-state index in [1.807, 2.05) is 0 Å². The Morgan fingerprint density at radius 2 is 1.74 bits per heavy atom. The summed E-state index contributed by atoms with van der Waals surface area (Å²) >= 11 is 0. The van der Waals surface area contributed by atoms with Gasteiger partial charge in [-0.25, -0.2) is 9.36 Å². The van der Waals surface area contributed by atoms with Crippen LogP contribution in [0.1, 0.15) is 58.3 Å². The zero-order valence-electron chi connectivity index (χ0n) is 19.5. The van der Waals surface area contributed by atoms with Crippen LogP contribution in [0.25, 0.3) is 0 Å². The second kappa shape index (κ2) is 11.3. The third kappa shape index (κ3) is 6.23. The minimum absolute atomic E-state index is 0.0587. The molecule has 4 unspecified atom stereocenters. The lowest BCUT2D eigenvalue weighted by Crippen LogP contribution is -2.44. The number of hydrogen-bond acceptors (Lipinski definition) is 7. The molecule has 2 amide bonds. The van der Waals surface area contributed by atoms with Crippen molar-refractivity contribution in [2.75, 3.05) is 19.8 Å². The molecule has 0 spiro atoms. The van der Waals surface area contributed by atoms with Gasteiger partial charge in [0.1, 0.15) is 12.2 Å². The summed E-state index contributed by atoms with van der Waals surface area (Å²) in [5.74, 6) is -2.25. The van der Waals surface area contributed by atoms with Crippen LogP contribution in [0.3, 0.4) is 0 Å². The lowest BCUT2D eigenvalue weighted by Gasteiger charge is -2.28. The van der Waals surface area contributed by atoms with E-state index in [1.165, 1.54) is 4.90 Å². The molecule has 34 heavy (non-hydrogen) atoms. The van der Waals surface area contributed by atoms with Gasteiger partial charge in [0.2, 0.25) is 11.8 Å². The van der Waals surface area contributed by atoms with Gasteiger partial charge in [-0.05, 0) is 25.8 Å². The molecule has 3 aliphatic rings. The van der Waals surface area contributed by atoms with Crippen molar-refractivity contribution in [2.45, 2.75) is 70.0 Å². The number of esters is 1. The van der Waals surface area contributed by atoms with Crippen molar-refractivity contribution in [2.24, 2.45) is 11.8 Å². The highest BCUT2D eigenvalue weighted by Gasteiger charge is 2.67. The fourth-order valence-electron chi connectivity index (χ4n) is 4.87. The molecule has 11 heteroatoms. The molecule has 0 aromatic heterocycles. The number of phosphoric ester groups is 1. The average molecular weight is 499 g/mol. The number of amides is 2. The zero-order chi connectivity index (χ0) is 24.9. The molecule has 2 fully saturated rings. The molecule has 3 rings (SSSR count). The molecule has 10 nitrogen and oxygen atoms in total. The minimum Gasteiger partial charge on any atom is -0.459 e. The maximum atomic E-state index is 13.1. The van der Waals surface area contributed by atoms with Crippen molar-refractivity contribution >= 4 is 25.6 Å². The van der Waals surface area contributed by atoms with Crippen molar-refractivity contribution in [3.05, 3.63) is 24.3 Å². The second-order valence-electron chi connectivity index (χ2n) is 9.24. The number of rotatable bonds is 15. The number of ether oxygens (including phenoxy) is 2. The lowest BCUT2D eigenvalue weighted by atomic mass is 9.77. The molecule has 4 atom stereocenters. The Balaban J connectivity index is 1.35. The first-order valence-corrected chi connectivity index (χ1v) is 13.3. The number of imide groups is 1. The normalized spacial score (nSPS) is 27.5. The topological polar surface area (TPSA) is 140 Å². The number of unbranched alkanes of at least 4 members (excludes halogenated alkanes) is 7. The van der Waals surface area contributed by atoms with Gasteiger partial charge in [-0.1, -0.05) is 51.2 Å². The summed E-state index contributed by atoms with van der Waals surface area (Å²) in [6.07, 6.45) is 10.1. The largest absolute Gasteiger partial charge is 0.469 e. The highest BCUT2D eigenvalue weighted by Crippen LogP contribution is 2.52. The molecule has 0 saturated carbocycles. The van der Waals surface area contributed by atoms with Gasteiger partial charge < -0.3 is 19.3 Å². The fourth-order valence-corrected chi connectivity index (χ4v) is 5.23. The first kappa shape index (κ1) is 26.8. The first-order chi connectivity index (χ1) is 16.1. The van der Waals surface area contributed by atoms with E-state index in [0.29, 0.717) is 13.0 Å². The van der Waals surface area contributed by atoms with E-state index < -0.39 is 37.3 Å². The maximum Gasteiger partial charge on any atom is 0.469 e. The van der Waals surface area contributed by atoms with Crippen molar-refractivity contribution in [1.82, 2.24) is 4.90 Å². The van der Waals surface area contributed by atoms with E-state index in [1.54, 1.807) is 19.1 Å². The highest BCUT2D eigenvalue weighted by atomic mass is 31.2. The number of phosphoric acid groups is 1. The molecular weight excluding hydrogens is 465 g/mol. The highest BCUT2D eigenvalue weighted by molar-refractivity contribution is 7.46. The van der Waals surface area contributed by atoms with Gasteiger partial charge >= 0.3 is 13.8 Å². The quantitative estimate of drug-likeness (QED) is 0.0869. The summed E-state index contributed by atoms with van der Waals surface area (Å²) in [4.78, 5) is 56.4. The molecule has 0 radical (unpaired) electrons. The van der Waals surface area contributed by atoms with E-state index in [4.69, 9.17) is 19.3 Å². The van der Waals surface area contributed by atoms with Crippen LogP contribution in [0.2, 0.25) is 0 Å². The average Bonchev–Trinajstić information content (AvgIpc) is 3.40. The van der Waals surface area contributed by atoms with Gasteiger partial charge in [-0.15, -0.1) is 0 Å². The van der Waals surface area contributed by atoms with E-state index in [9.17, 15) is 18.9 Å². The van der Waals surface area contributed by atoms with Crippen LogP contribution >= 0.6 is 7.82 Å². The molecule has 2 saturated heterocycles. The van der Waals surface area contributed by atoms with Gasteiger partial charge in [-0.2, -0.15) is 0 Å². The molecule has 0 aromatic carbocycles. The Hall–Kier alpha value is -1.84. The Morgan fingerprint density at radius 3 is 2.35 bits per heavy atom. The second-order valence-corrected chi connectivity index (χ2v) is 10.5. The fraction of sp³-hybridized carbons (Fsp3) is 0.696. The summed E-state index contributed by atoms with van der Waals surface area (Å²) in [6, 6.07) is 0. The van der Waals surface area contributed by atoms with Gasteiger partial charge in [-0.3, -0.25) is 19.0 Å². The Morgan fingerprint density at radius 1 is 1.12 bits per heavy atom. The molecule has 0 aromatic rings. The standard InChI is InChI=1S/C23H34NO9P/c1-16(2)22(27)31-15-23-12-11-17(33-23)18-19(23)21(26)24(20(18)25)13-9-7-5-3-4-6-8-10-14-32-34(28,29)30/h11-12,17-19H,1,3-10,13-15H2,2H3,(H2,28,29,30). The third-order valence-electron chi connectivity index (χ3n) is 6.56. The summed E-state index contributed by atoms with van der Waals surface area (Å²) in [5, 5.41) is 0. The van der Waals surface area contributed by atoms with E-state index in [-0.39, 0.29) is 30.6 Å². The van der Waals surface area contributed by atoms with Crippen LogP contribution in [-0.4, -0.2) is 63.9 Å². The van der Waals surface area contributed by atoms with Gasteiger partial charge in [0.25, 0.3) is 0 Å². The van der Waals surface area contributed by atoms with Gasteiger partial charge in [0.05, 0.1) is 24.5 Å². The molecular formula is C23H34NO9P. The molecule has 2 N–H and O–H groups in total. The zero-order valence-corrected chi connectivity index (χ0v) is 20.4. The summed E-state index contributed by atoms with van der Waals surface area (Å²) in [7, 11) is -4.37. The van der Waals surface area contributed by atoms with E-state index in [2.05, 4.69) is 11.1 Å². The van der Waals surface area contributed by atoms with Crippen LogP contribution in [0.15, 0.2) is 24.3 Å². The number of likely N-dealkylation sites (tertiary alicyclic amines) is 1. The van der Waals surface area contributed by atoms with Crippen LogP contribution in [0.4, 0.5) is 0 Å². The molecule has 190 valence electrons. The molecule has 2 bridgehead atoms. The van der Waals surface area contributed by atoms with Crippen LogP contribution in [0.5, 0.6) is 0 Å².